The van der Waals surface area contributed by atoms with E-state index in [1.807, 2.05) is 6.07 Å². The smallest absolute Gasteiger partial charge is 0.133 e. The van der Waals surface area contributed by atoms with Crippen LogP contribution in [0.15, 0.2) is 46.9 Å². The molecular formula is C17H20BrNO. The first-order valence-electron chi connectivity index (χ1n) is 6.81. The molecule has 0 saturated heterocycles. The monoisotopic (exact) mass is 333 g/mol. The van der Waals surface area contributed by atoms with E-state index in [1.165, 1.54) is 16.7 Å². The molecule has 1 unspecified atom stereocenters. The van der Waals surface area contributed by atoms with E-state index < -0.39 is 0 Å². The molecular weight excluding hydrogens is 314 g/mol. The van der Waals surface area contributed by atoms with E-state index in [1.54, 1.807) is 7.11 Å². The third-order valence-electron chi connectivity index (χ3n) is 3.49. The summed E-state index contributed by atoms with van der Waals surface area (Å²) in [5.41, 5.74) is 10.0. The number of ether oxygens (including phenoxy) is 1. The van der Waals surface area contributed by atoms with Gasteiger partial charge in [-0.25, -0.2) is 0 Å². The van der Waals surface area contributed by atoms with Gasteiger partial charge in [0.25, 0.3) is 0 Å². The van der Waals surface area contributed by atoms with Gasteiger partial charge in [0.2, 0.25) is 0 Å². The zero-order chi connectivity index (χ0) is 14.5. The molecule has 2 nitrogen and oxygen atoms in total. The Kier molecular flexibility index (Phi) is 5.21. The molecule has 0 radical (unpaired) electrons. The second kappa shape index (κ2) is 6.91. The van der Waals surface area contributed by atoms with Crippen LogP contribution >= 0.6 is 15.9 Å². The van der Waals surface area contributed by atoms with Crippen molar-refractivity contribution in [1.29, 1.82) is 0 Å². The van der Waals surface area contributed by atoms with Gasteiger partial charge in [-0.05, 0) is 57.6 Å². The summed E-state index contributed by atoms with van der Waals surface area (Å²) < 4.78 is 6.20. The van der Waals surface area contributed by atoms with Crippen LogP contribution in [0, 0.1) is 0 Å². The molecule has 0 aliphatic heterocycles. The van der Waals surface area contributed by atoms with E-state index in [0.717, 1.165) is 23.1 Å². The summed E-state index contributed by atoms with van der Waals surface area (Å²) in [7, 11) is 1.67. The van der Waals surface area contributed by atoms with Crippen LogP contribution in [0.4, 0.5) is 0 Å². The molecule has 3 heteroatoms. The quantitative estimate of drug-likeness (QED) is 0.887. The van der Waals surface area contributed by atoms with Crippen molar-refractivity contribution in [2.75, 3.05) is 7.11 Å². The number of halogens is 1. The maximum absolute atomic E-state index is 6.29. The largest absolute Gasteiger partial charge is 0.496 e. The second-order valence-electron chi connectivity index (χ2n) is 4.87. The Hall–Kier alpha value is -1.32. The normalized spacial score (nSPS) is 12.2. The highest BCUT2D eigenvalue weighted by molar-refractivity contribution is 9.10. The highest BCUT2D eigenvalue weighted by atomic mass is 79.9. The summed E-state index contributed by atoms with van der Waals surface area (Å²) in [6.45, 7) is 2.16. The molecule has 0 fully saturated rings. The van der Waals surface area contributed by atoms with E-state index in [2.05, 4.69) is 59.3 Å². The van der Waals surface area contributed by atoms with Crippen LogP contribution in [0.3, 0.4) is 0 Å². The van der Waals surface area contributed by atoms with Crippen LogP contribution in [0.2, 0.25) is 0 Å². The molecule has 1 atom stereocenters. The third-order valence-corrected chi connectivity index (χ3v) is 4.11. The molecule has 2 N–H and O–H groups in total. The summed E-state index contributed by atoms with van der Waals surface area (Å²) >= 11 is 3.51. The van der Waals surface area contributed by atoms with Crippen molar-refractivity contribution in [3.63, 3.8) is 0 Å². The lowest BCUT2D eigenvalue weighted by Gasteiger charge is -2.14. The predicted molar refractivity (Wildman–Crippen MR) is 87.1 cm³/mol. The lowest BCUT2D eigenvalue weighted by molar-refractivity contribution is 0.412. The number of nitrogens with two attached hydrogens (primary N) is 1. The molecule has 0 aliphatic rings. The fourth-order valence-corrected chi connectivity index (χ4v) is 2.80. The Bertz CT molecular complexity index is 566. The van der Waals surface area contributed by atoms with Gasteiger partial charge in [0.05, 0.1) is 11.6 Å². The van der Waals surface area contributed by atoms with Gasteiger partial charge >= 0.3 is 0 Å². The average Bonchev–Trinajstić information content (AvgIpc) is 2.47. The summed E-state index contributed by atoms with van der Waals surface area (Å²) in [6, 6.07) is 14.7. The molecule has 0 bridgehead atoms. The average molecular weight is 334 g/mol. The number of rotatable bonds is 5. The Morgan fingerprint density at radius 1 is 1.10 bits per heavy atom. The minimum absolute atomic E-state index is 0.0150. The second-order valence-corrected chi connectivity index (χ2v) is 5.73. The van der Waals surface area contributed by atoms with Crippen LogP contribution in [0.1, 0.15) is 29.7 Å². The van der Waals surface area contributed by atoms with Crippen molar-refractivity contribution in [3.05, 3.63) is 63.6 Å². The van der Waals surface area contributed by atoms with Crippen molar-refractivity contribution >= 4 is 15.9 Å². The lowest BCUT2D eigenvalue weighted by atomic mass is 9.98. The molecule has 0 amide bonds. The lowest BCUT2D eigenvalue weighted by Crippen LogP contribution is -2.13. The van der Waals surface area contributed by atoms with E-state index in [-0.39, 0.29) is 6.04 Å². The number of hydrogen-bond acceptors (Lipinski definition) is 2. The van der Waals surface area contributed by atoms with Crippen LogP contribution in [-0.4, -0.2) is 7.11 Å². The van der Waals surface area contributed by atoms with Gasteiger partial charge in [-0.15, -0.1) is 0 Å². The fraction of sp³-hybridized carbons (Fsp3) is 0.294. The molecule has 0 heterocycles. The van der Waals surface area contributed by atoms with Gasteiger partial charge in [-0.2, -0.15) is 0 Å². The number of methoxy groups -OCH3 is 1. The molecule has 0 saturated carbocycles. The van der Waals surface area contributed by atoms with Crippen LogP contribution < -0.4 is 10.5 Å². The van der Waals surface area contributed by atoms with E-state index in [0.29, 0.717) is 0 Å². The van der Waals surface area contributed by atoms with Crippen LogP contribution in [0.5, 0.6) is 5.75 Å². The topological polar surface area (TPSA) is 35.2 Å². The summed E-state index contributed by atoms with van der Waals surface area (Å²) in [6.07, 6.45) is 1.87. The number of benzene rings is 2. The molecule has 0 spiro atoms. The molecule has 2 aromatic rings. The SMILES string of the molecule is CCc1ccc(C(N)Cc2ccc(OC)c(Br)c2)cc1. The van der Waals surface area contributed by atoms with Gasteiger partial charge in [-0.3, -0.25) is 0 Å². The number of aryl methyl sites for hydroxylation is 1. The maximum atomic E-state index is 6.29. The van der Waals surface area contributed by atoms with Gasteiger partial charge in [0, 0.05) is 6.04 Å². The van der Waals surface area contributed by atoms with Gasteiger partial charge in [0.1, 0.15) is 5.75 Å². The van der Waals surface area contributed by atoms with E-state index in [9.17, 15) is 0 Å². The molecule has 2 rings (SSSR count). The standard InChI is InChI=1S/C17H20BrNO/c1-3-12-4-7-14(8-5-12)16(19)11-13-6-9-17(20-2)15(18)10-13/h4-10,16H,3,11,19H2,1-2H3. The third kappa shape index (κ3) is 3.62. The zero-order valence-electron chi connectivity index (χ0n) is 11.9. The Morgan fingerprint density at radius 3 is 2.30 bits per heavy atom. The summed E-state index contributed by atoms with van der Waals surface area (Å²) in [4.78, 5) is 0. The maximum Gasteiger partial charge on any atom is 0.133 e. The van der Waals surface area contributed by atoms with Crippen molar-refractivity contribution < 1.29 is 4.74 Å². The number of hydrogen-bond donors (Lipinski definition) is 1. The Morgan fingerprint density at radius 2 is 1.75 bits per heavy atom. The molecule has 0 aliphatic carbocycles. The highest BCUT2D eigenvalue weighted by Crippen LogP contribution is 2.27. The van der Waals surface area contributed by atoms with Gasteiger partial charge < -0.3 is 10.5 Å². The van der Waals surface area contributed by atoms with Crippen LogP contribution in [-0.2, 0) is 12.8 Å². The zero-order valence-corrected chi connectivity index (χ0v) is 13.5. The van der Waals surface area contributed by atoms with E-state index >= 15 is 0 Å². The summed E-state index contributed by atoms with van der Waals surface area (Å²) in [5, 5.41) is 0. The molecule has 2 aromatic carbocycles. The van der Waals surface area contributed by atoms with Crippen LogP contribution in [0.25, 0.3) is 0 Å². The minimum atomic E-state index is 0.0150. The summed E-state index contributed by atoms with van der Waals surface area (Å²) in [5.74, 6) is 0.842. The Balaban J connectivity index is 2.10. The van der Waals surface area contributed by atoms with Crippen molar-refractivity contribution in [2.24, 2.45) is 5.73 Å². The predicted octanol–water partition coefficient (Wildman–Crippen LogP) is 4.26. The highest BCUT2D eigenvalue weighted by Gasteiger charge is 2.09. The Labute approximate surface area is 129 Å². The first kappa shape index (κ1) is 15.1. The van der Waals surface area contributed by atoms with Crippen molar-refractivity contribution in [3.8, 4) is 5.75 Å². The minimum Gasteiger partial charge on any atom is -0.496 e. The molecule has 106 valence electrons. The van der Waals surface area contributed by atoms with Gasteiger partial charge in [0.15, 0.2) is 0 Å². The van der Waals surface area contributed by atoms with Crippen molar-refractivity contribution in [1.82, 2.24) is 0 Å². The fourth-order valence-electron chi connectivity index (χ4n) is 2.21. The van der Waals surface area contributed by atoms with Gasteiger partial charge in [-0.1, -0.05) is 37.3 Å². The first-order chi connectivity index (χ1) is 9.63. The first-order valence-corrected chi connectivity index (χ1v) is 7.60. The van der Waals surface area contributed by atoms with E-state index in [4.69, 9.17) is 10.5 Å². The molecule has 20 heavy (non-hydrogen) atoms. The molecule has 0 aromatic heterocycles. The van der Waals surface area contributed by atoms with Crippen molar-refractivity contribution in [2.45, 2.75) is 25.8 Å².